The molecule has 0 aliphatic carbocycles. The van der Waals surface area contributed by atoms with Crippen LogP contribution in [0, 0.1) is 18.8 Å². The topological polar surface area (TPSA) is 118 Å². The number of aromatic nitrogens is 1. The van der Waals surface area contributed by atoms with E-state index in [-0.39, 0.29) is 28.5 Å². The number of sulfonamides is 1. The molecule has 0 bridgehead atoms. The second-order valence-corrected chi connectivity index (χ2v) is 10.5. The van der Waals surface area contributed by atoms with Gasteiger partial charge in [0.25, 0.3) is 0 Å². The van der Waals surface area contributed by atoms with E-state index in [0.29, 0.717) is 37.5 Å². The Kier molecular flexibility index (Phi) is 8.27. The number of nitrogens with zero attached hydrogens (tertiary/aromatic N) is 2. The van der Waals surface area contributed by atoms with E-state index in [1.165, 1.54) is 19.2 Å². The van der Waals surface area contributed by atoms with Crippen molar-refractivity contribution in [2.75, 3.05) is 25.5 Å². The summed E-state index contributed by atoms with van der Waals surface area (Å²) in [5.41, 5.74) is 0.882. The SMILES string of the molecule is COc1ccc(S(=O)(=O)N[C@H](C(=O)N2CCC(C(=O)Nc3ncccc3C)CC2)C(C)C)cc1. The lowest BCUT2D eigenvalue weighted by Gasteiger charge is -2.34. The molecule has 1 saturated heterocycles. The predicted molar refractivity (Wildman–Crippen MR) is 129 cm³/mol. The van der Waals surface area contributed by atoms with Gasteiger partial charge < -0.3 is 15.0 Å². The normalized spacial score (nSPS) is 15.7. The maximum absolute atomic E-state index is 13.2. The van der Waals surface area contributed by atoms with E-state index in [4.69, 9.17) is 4.74 Å². The first kappa shape index (κ1) is 25.6. The summed E-state index contributed by atoms with van der Waals surface area (Å²) in [6.07, 6.45) is 2.63. The van der Waals surface area contributed by atoms with Crippen molar-refractivity contribution < 1.29 is 22.7 Å². The second-order valence-electron chi connectivity index (χ2n) is 8.78. The molecule has 1 aliphatic rings. The number of likely N-dealkylation sites (tertiary alicyclic amines) is 1. The number of ether oxygens (including phenoxy) is 1. The predicted octanol–water partition coefficient (Wildman–Crippen LogP) is 2.58. The first-order valence-corrected chi connectivity index (χ1v) is 12.8. The summed E-state index contributed by atoms with van der Waals surface area (Å²) in [6, 6.07) is 8.78. The van der Waals surface area contributed by atoms with E-state index < -0.39 is 16.1 Å². The molecule has 2 aromatic rings. The van der Waals surface area contributed by atoms with Gasteiger partial charge in [-0.15, -0.1) is 0 Å². The number of carbonyl (C=O) groups is 2. The van der Waals surface area contributed by atoms with Crippen LogP contribution in [-0.2, 0) is 19.6 Å². The zero-order chi connectivity index (χ0) is 24.9. The van der Waals surface area contributed by atoms with Crippen molar-refractivity contribution in [2.45, 2.75) is 44.6 Å². The summed E-state index contributed by atoms with van der Waals surface area (Å²) in [7, 11) is -2.40. The average molecular weight is 489 g/mol. The summed E-state index contributed by atoms with van der Waals surface area (Å²) >= 11 is 0. The number of nitrogens with one attached hydrogen (secondary N) is 2. The van der Waals surface area contributed by atoms with Gasteiger partial charge in [-0.2, -0.15) is 4.72 Å². The van der Waals surface area contributed by atoms with Crippen LogP contribution in [0.3, 0.4) is 0 Å². The molecule has 1 fully saturated rings. The van der Waals surface area contributed by atoms with E-state index in [1.54, 1.807) is 37.1 Å². The van der Waals surface area contributed by atoms with Crippen LogP contribution in [0.5, 0.6) is 5.75 Å². The number of anilines is 1. The Balaban J connectivity index is 1.62. The number of aryl methyl sites for hydroxylation is 1. The fraction of sp³-hybridized carbons (Fsp3) is 0.458. The van der Waals surface area contributed by atoms with Crippen LogP contribution in [0.1, 0.15) is 32.3 Å². The molecular formula is C24H32N4O5S. The van der Waals surface area contributed by atoms with E-state index in [2.05, 4.69) is 15.0 Å². The monoisotopic (exact) mass is 488 g/mol. The highest BCUT2D eigenvalue weighted by atomic mass is 32.2. The summed E-state index contributed by atoms with van der Waals surface area (Å²) < 4.78 is 33.4. The second kappa shape index (κ2) is 11.0. The number of carbonyl (C=O) groups excluding carboxylic acids is 2. The van der Waals surface area contributed by atoms with E-state index in [0.717, 1.165) is 5.56 Å². The van der Waals surface area contributed by atoms with Crippen LogP contribution in [0.2, 0.25) is 0 Å². The zero-order valence-electron chi connectivity index (χ0n) is 19.9. The maximum Gasteiger partial charge on any atom is 0.241 e. The van der Waals surface area contributed by atoms with Gasteiger partial charge in [0.05, 0.1) is 12.0 Å². The molecule has 1 aliphatic heterocycles. The van der Waals surface area contributed by atoms with E-state index >= 15 is 0 Å². The number of methoxy groups -OCH3 is 1. The molecule has 1 aromatic carbocycles. The maximum atomic E-state index is 13.2. The third-order valence-corrected chi connectivity index (χ3v) is 7.47. The van der Waals surface area contributed by atoms with Gasteiger partial charge in [0.15, 0.2) is 0 Å². The fourth-order valence-electron chi connectivity index (χ4n) is 3.86. The number of amides is 2. The molecule has 3 rings (SSSR count). The van der Waals surface area contributed by atoms with Crippen molar-refractivity contribution in [1.29, 1.82) is 0 Å². The average Bonchev–Trinajstić information content (AvgIpc) is 2.83. The van der Waals surface area contributed by atoms with Crippen LogP contribution in [0.4, 0.5) is 5.82 Å². The highest BCUT2D eigenvalue weighted by molar-refractivity contribution is 7.89. The van der Waals surface area contributed by atoms with Gasteiger partial charge >= 0.3 is 0 Å². The van der Waals surface area contributed by atoms with Gasteiger partial charge in [-0.3, -0.25) is 9.59 Å². The molecule has 0 unspecified atom stereocenters. The van der Waals surface area contributed by atoms with Crippen LogP contribution >= 0.6 is 0 Å². The van der Waals surface area contributed by atoms with Crippen molar-refractivity contribution >= 4 is 27.7 Å². The third-order valence-electron chi connectivity index (χ3n) is 6.01. The van der Waals surface area contributed by atoms with Crippen molar-refractivity contribution in [3.05, 3.63) is 48.2 Å². The minimum Gasteiger partial charge on any atom is -0.497 e. The highest BCUT2D eigenvalue weighted by Crippen LogP contribution is 2.23. The number of piperidine rings is 1. The first-order valence-electron chi connectivity index (χ1n) is 11.3. The van der Waals surface area contributed by atoms with Gasteiger partial charge in [0.2, 0.25) is 21.8 Å². The Labute approximate surface area is 201 Å². The highest BCUT2D eigenvalue weighted by Gasteiger charge is 2.34. The molecular weight excluding hydrogens is 456 g/mol. The molecule has 1 atom stereocenters. The largest absolute Gasteiger partial charge is 0.497 e. The minimum atomic E-state index is -3.90. The number of benzene rings is 1. The van der Waals surface area contributed by atoms with Crippen molar-refractivity contribution in [1.82, 2.24) is 14.6 Å². The lowest BCUT2D eigenvalue weighted by molar-refractivity contribution is -0.137. The standard InChI is InChI=1S/C24H32N4O5S/c1-16(2)21(27-34(31,32)20-9-7-19(33-4)8-10-20)24(30)28-14-11-18(12-15-28)23(29)26-22-17(3)6-5-13-25-22/h5-10,13,16,18,21,27H,11-12,14-15H2,1-4H3,(H,25,26,29)/t21-/m0/s1. The van der Waals surface area contributed by atoms with Crippen LogP contribution in [0.15, 0.2) is 47.5 Å². The molecule has 2 N–H and O–H groups in total. The van der Waals surface area contributed by atoms with Crippen LogP contribution < -0.4 is 14.8 Å². The summed E-state index contributed by atoms with van der Waals surface area (Å²) in [5, 5.41) is 2.87. The van der Waals surface area contributed by atoms with Gasteiger partial charge in [-0.05, 0) is 61.6 Å². The van der Waals surface area contributed by atoms with Crippen LogP contribution in [0.25, 0.3) is 0 Å². The van der Waals surface area contributed by atoms with Crippen LogP contribution in [-0.4, -0.2) is 56.4 Å². The summed E-state index contributed by atoms with van der Waals surface area (Å²) in [5.74, 6) is 0.188. The van der Waals surface area contributed by atoms with E-state index in [9.17, 15) is 18.0 Å². The first-order chi connectivity index (χ1) is 16.1. The fourth-order valence-corrected chi connectivity index (χ4v) is 5.19. The number of rotatable bonds is 8. The molecule has 0 spiro atoms. The van der Waals surface area contributed by atoms with Gasteiger partial charge in [-0.25, -0.2) is 13.4 Å². The van der Waals surface area contributed by atoms with Gasteiger partial charge in [-0.1, -0.05) is 19.9 Å². The Bertz CT molecular complexity index is 1110. The lowest BCUT2D eigenvalue weighted by Crippen LogP contribution is -2.53. The number of hydrogen-bond acceptors (Lipinski definition) is 6. The molecule has 184 valence electrons. The molecule has 2 heterocycles. The third kappa shape index (κ3) is 6.12. The lowest BCUT2D eigenvalue weighted by atomic mass is 9.94. The quantitative estimate of drug-likeness (QED) is 0.590. The molecule has 9 nitrogen and oxygen atoms in total. The smallest absolute Gasteiger partial charge is 0.241 e. The molecule has 0 saturated carbocycles. The minimum absolute atomic E-state index is 0.0620. The molecule has 1 aromatic heterocycles. The van der Waals surface area contributed by atoms with Gasteiger partial charge in [0.1, 0.15) is 17.6 Å². The molecule has 2 amide bonds. The Hall–Kier alpha value is -2.98. The van der Waals surface area contributed by atoms with Crippen molar-refractivity contribution in [3.63, 3.8) is 0 Å². The van der Waals surface area contributed by atoms with Gasteiger partial charge in [0, 0.05) is 25.2 Å². The Morgan fingerprint density at radius 2 is 1.76 bits per heavy atom. The summed E-state index contributed by atoms with van der Waals surface area (Å²) in [4.78, 5) is 31.8. The number of hydrogen-bond donors (Lipinski definition) is 2. The molecule has 0 radical (unpaired) electrons. The van der Waals surface area contributed by atoms with Crippen molar-refractivity contribution in [2.24, 2.45) is 11.8 Å². The van der Waals surface area contributed by atoms with Crippen molar-refractivity contribution in [3.8, 4) is 5.75 Å². The Morgan fingerprint density at radius 1 is 1.12 bits per heavy atom. The molecule has 34 heavy (non-hydrogen) atoms. The molecule has 10 heteroatoms. The van der Waals surface area contributed by atoms with E-state index in [1.807, 2.05) is 19.1 Å². The zero-order valence-corrected chi connectivity index (χ0v) is 20.8. The summed E-state index contributed by atoms with van der Waals surface area (Å²) in [6.45, 7) is 6.24. The number of pyridine rings is 1. The Morgan fingerprint density at radius 3 is 2.32 bits per heavy atom.